The van der Waals surface area contributed by atoms with Crippen molar-refractivity contribution in [2.45, 2.75) is 25.0 Å². The SMILES string of the molecule is NC(=S)N/N=C/c1ccc(N2CC3C[C@H]2CN3Cc2ccccc2)c(F)c1F. The minimum atomic E-state index is -0.921. The summed E-state index contributed by atoms with van der Waals surface area (Å²) in [6, 6.07) is 14.0. The Morgan fingerprint density at radius 3 is 2.61 bits per heavy atom. The molecule has 4 rings (SSSR count). The van der Waals surface area contributed by atoms with Crippen molar-refractivity contribution in [3.8, 4) is 0 Å². The third-order valence-corrected chi connectivity index (χ3v) is 5.45. The molecule has 8 heteroatoms. The van der Waals surface area contributed by atoms with E-state index in [1.54, 1.807) is 6.07 Å². The van der Waals surface area contributed by atoms with Gasteiger partial charge in [0.1, 0.15) is 0 Å². The average molecular weight is 401 g/mol. The molecule has 146 valence electrons. The summed E-state index contributed by atoms with van der Waals surface area (Å²) < 4.78 is 29.2. The Balaban J connectivity index is 1.46. The first kappa shape index (κ1) is 18.8. The molecule has 2 heterocycles. The van der Waals surface area contributed by atoms with Gasteiger partial charge in [0.15, 0.2) is 16.7 Å². The van der Waals surface area contributed by atoms with E-state index in [1.165, 1.54) is 17.8 Å². The van der Waals surface area contributed by atoms with Crippen LogP contribution in [0, 0.1) is 11.6 Å². The zero-order valence-electron chi connectivity index (χ0n) is 15.2. The zero-order valence-corrected chi connectivity index (χ0v) is 16.0. The molecule has 2 aliphatic heterocycles. The van der Waals surface area contributed by atoms with Gasteiger partial charge in [-0.3, -0.25) is 10.3 Å². The van der Waals surface area contributed by atoms with E-state index in [0.29, 0.717) is 18.3 Å². The largest absolute Gasteiger partial charge is 0.375 e. The van der Waals surface area contributed by atoms with Crippen LogP contribution in [0.5, 0.6) is 0 Å². The summed E-state index contributed by atoms with van der Waals surface area (Å²) in [6.45, 7) is 2.43. The number of hydrogen-bond acceptors (Lipinski definition) is 4. The Hall–Kier alpha value is -2.58. The summed E-state index contributed by atoms with van der Waals surface area (Å²) in [5.41, 5.74) is 9.21. The number of nitrogens with zero attached hydrogens (tertiary/aromatic N) is 3. The van der Waals surface area contributed by atoms with E-state index in [1.807, 2.05) is 23.1 Å². The number of hydrazone groups is 1. The Bertz CT molecular complexity index is 905. The molecule has 2 bridgehead atoms. The predicted octanol–water partition coefficient (Wildman–Crippen LogP) is 2.60. The first-order valence-electron chi connectivity index (χ1n) is 9.14. The van der Waals surface area contributed by atoms with Gasteiger partial charge in [-0.15, -0.1) is 0 Å². The fraction of sp³-hybridized carbons (Fsp3) is 0.300. The number of likely N-dealkylation sites (tertiary alicyclic amines) is 1. The molecule has 2 saturated heterocycles. The van der Waals surface area contributed by atoms with Crippen LogP contribution < -0.4 is 16.1 Å². The second kappa shape index (κ2) is 7.81. The minimum Gasteiger partial charge on any atom is -0.375 e. The lowest BCUT2D eigenvalue weighted by atomic mass is 10.1. The van der Waals surface area contributed by atoms with Gasteiger partial charge in [-0.2, -0.15) is 5.10 Å². The molecule has 2 aromatic rings. The maximum absolute atomic E-state index is 14.7. The molecule has 0 spiro atoms. The molecule has 2 fully saturated rings. The molecule has 5 nitrogen and oxygen atoms in total. The van der Waals surface area contributed by atoms with Crippen molar-refractivity contribution in [1.29, 1.82) is 0 Å². The standard InChI is InChI=1S/C20H21F2N5S/c21-18-14(9-24-25-20(23)28)6-7-17(19(18)22)27-12-15-8-16(27)11-26(15)10-13-4-2-1-3-5-13/h1-7,9,15-16H,8,10-12H2,(H3,23,25,28)/b24-9+/t15?,16-/m0/s1. The number of piperazine rings is 1. The van der Waals surface area contributed by atoms with Gasteiger partial charge in [-0.1, -0.05) is 30.3 Å². The first-order chi connectivity index (χ1) is 13.5. The number of rotatable bonds is 5. The van der Waals surface area contributed by atoms with Crippen molar-refractivity contribution >= 4 is 29.2 Å². The van der Waals surface area contributed by atoms with Gasteiger partial charge < -0.3 is 10.6 Å². The van der Waals surface area contributed by atoms with Gasteiger partial charge in [0.25, 0.3) is 0 Å². The number of anilines is 1. The lowest BCUT2D eigenvalue weighted by molar-refractivity contribution is 0.230. The van der Waals surface area contributed by atoms with E-state index in [2.05, 4.69) is 39.8 Å². The minimum absolute atomic E-state index is 0.0399. The molecule has 0 amide bonds. The molecule has 0 aliphatic carbocycles. The molecule has 2 aliphatic rings. The van der Waals surface area contributed by atoms with Crippen molar-refractivity contribution in [3.05, 3.63) is 65.2 Å². The van der Waals surface area contributed by atoms with Gasteiger partial charge in [-0.25, -0.2) is 8.78 Å². The maximum atomic E-state index is 14.7. The lowest BCUT2D eigenvalue weighted by Crippen LogP contribution is -2.46. The van der Waals surface area contributed by atoms with E-state index in [9.17, 15) is 8.78 Å². The van der Waals surface area contributed by atoms with Gasteiger partial charge in [0.2, 0.25) is 0 Å². The second-order valence-corrected chi connectivity index (χ2v) is 7.59. The van der Waals surface area contributed by atoms with Crippen LogP contribution in [0.1, 0.15) is 17.5 Å². The average Bonchev–Trinajstić information content (AvgIpc) is 3.26. The molecule has 0 radical (unpaired) electrons. The van der Waals surface area contributed by atoms with Gasteiger partial charge >= 0.3 is 0 Å². The highest BCUT2D eigenvalue weighted by molar-refractivity contribution is 7.80. The van der Waals surface area contributed by atoms with Crippen LogP contribution in [-0.4, -0.2) is 41.4 Å². The number of fused-ring (bicyclic) bond motifs is 2. The normalized spacial score (nSPS) is 21.6. The van der Waals surface area contributed by atoms with Crippen LogP contribution in [0.15, 0.2) is 47.6 Å². The lowest BCUT2D eigenvalue weighted by Gasteiger charge is -2.35. The highest BCUT2D eigenvalue weighted by Gasteiger charge is 2.44. The molecular weight excluding hydrogens is 380 g/mol. The highest BCUT2D eigenvalue weighted by Crippen LogP contribution is 2.37. The summed E-state index contributed by atoms with van der Waals surface area (Å²) in [5.74, 6) is -1.77. The Kier molecular flexibility index (Phi) is 5.23. The van der Waals surface area contributed by atoms with Gasteiger partial charge in [0.05, 0.1) is 11.9 Å². The maximum Gasteiger partial charge on any atom is 0.184 e. The number of thiocarbonyl (C=S) groups is 1. The molecule has 28 heavy (non-hydrogen) atoms. The van der Waals surface area contributed by atoms with Gasteiger partial charge in [-0.05, 0) is 36.3 Å². The molecule has 1 unspecified atom stereocenters. The monoisotopic (exact) mass is 401 g/mol. The van der Waals surface area contributed by atoms with Crippen molar-refractivity contribution in [1.82, 2.24) is 10.3 Å². The number of hydrogen-bond donors (Lipinski definition) is 2. The first-order valence-corrected chi connectivity index (χ1v) is 9.55. The number of nitrogens with two attached hydrogens (primary N) is 1. The summed E-state index contributed by atoms with van der Waals surface area (Å²) in [5, 5.41) is 3.65. The van der Waals surface area contributed by atoms with E-state index in [0.717, 1.165) is 19.5 Å². The number of benzene rings is 2. The quantitative estimate of drug-likeness (QED) is 0.458. The van der Waals surface area contributed by atoms with Crippen LogP contribution in [0.3, 0.4) is 0 Å². The highest BCUT2D eigenvalue weighted by atomic mass is 32.1. The Labute approximate surface area is 167 Å². The number of nitrogens with one attached hydrogen (secondary N) is 1. The van der Waals surface area contributed by atoms with Crippen LogP contribution >= 0.6 is 12.2 Å². The van der Waals surface area contributed by atoms with Crippen molar-refractivity contribution in [2.24, 2.45) is 10.8 Å². The molecule has 0 aromatic heterocycles. The molecular formula is C20H21F2N5S. The van der Waals surface area contributed by atoms with Crippen molar-refractivity contribution < 1.29 is 8.78 Å². The summed E-state index contributed by atoms with van der Waals surface area (Å²) in [7, 11) is 0. The number of halogens is 2. The van der Waals surface area contributed by atoms with Crippen LogP contribution in [-0.2, 0) is 6.54 Å². The summed E-state index contributed by atoms with van der Waals surface area (Å²) >= 11 is 4.62. The van der Waals surface area contributed by atoms with Gasteiger partial charge in [0, 0.05) is 37.3 Å². The van der Waals surface area contributed by atoms with E-state index in [-0.39, 0.29) is 16.7 Å². The fourth-order valence-electron chi connectivity index (χ4n) is 4.10. The zero-order chi connectivity index (χ0) is 19.7. The van der Waals surface area contributed by atoms with Crippen LogP contribution in [0.25, 0.3) is 0 Å². The summed E-state index contributed by atoms with van der Waals surface area (Å²) in [4.78, 5) is 4.41. The third kappa shape index (κ3) is 3.70. The van der Waals surface area contributed by atoms with Crippen LogP contribution in [0.4, 0.5) is 14.5 Å². The summed E-state index contributed by atoms with van der Waals surface area (Å²) in [6.07, 6.45) is 2.13. The van der Waals surface area contributed by atoms with Crippen molar-refractivity contribution in [2.75, 3.05) is 18.0 Å². The van der Waals surface area contributed by atoms with Crippen LogP contribution in [0.2, 0.25) is 0 Å². The van der Waals surface area contributed by atoms with E-state index >= 15 is 0 Å². The van der Waals surface area contributed by atoms with E-state index < -0.39 is 11.6 Å². The topological polar surface area (TPSA) is 56.9 Å². The molecule has 0 saturated carbocycles. The molecule has 2 aromatic carbocycles. The molecule has 3 N–H and O–H groups in total. The fourth-order valence-corrected chi connectivity index (χ4v) is 4.15. The van der Waals surface area contributed by atoms with E-state index in [4.69, 9.17) is 5.73 Å². The smallest absolute Gasteiger partial charge is 0.184 e. The van der Waals surface area contributed by atoms with Crippen molar-refractivity contribution in [3.63, 3.8) is 0 Å². The molecule has 2 atom stereocenters. The second-order valence-electron chi connectivity index (χ2n) is 7.15. The predicted molar refractivity (Wildman–Crippen MR) is 110 cm³/mol. The Morgan fingerprint density at radius 1 is 1.14 bits per heavy atom. The Morgan fingerprint density at radius 2 is 1.93 bits per heavy atom. The third-order valence-electron chi connectivity index (χ3n) is 5.36.